The van der Waals surface area contributed by atoms with Gasteiger partial charge in [0.15, 0.2) is 0 Å². The lowest BCUT2D eigenvalue weighted by molar-refractivity contribution is -0.146. The molecule has 196 valence electrons. The van der Waals surface area contributed by atoms with Crippen LogP contribution in [0.2, 0.25) is 0 Å². The SMILES string of the molecule is CC(C)[C@H](CO)N1C(=O)[C@@H]2[C@H](C(=O)Nc3ccccc3)[C@H]3OC2(CC3Br)C1C(=O)NCc1ccccc1. The van der Waals surface area contributed by atoms with Crippen molar-refractivity contribution in [3.63, 3.8) is 0 Å². The standard InChI is InChI=1S/C28H32BrN3O5/c1-16(2)20(15-33)32-24(26(35)30-14-17-9-5-3-6-10-17)28-13-19(29)23(37-28)21(22(28)27(32)36)25(34)31-18-11-7-4-8-12-18/h3-12,16,19-24,33H,13-15H2,1-2H3,(H,30,35)(H,31,34)/t19?,20-,21-,22-,23-,24?,28?/m0/s1. The van der Waals surface area contributed by atoms with E-state index in [0.717, 1.165) is 5.56 Å². The summed E-state index contributed by atoms with van der Waals surface area (Å²) in [7, 11) is 0. The Bertz CT molecular complexity index is 1160. The molecule has 3 heterocycles. The van der Waals surface area contributed by atoms with E-state index in [1.54, 1.807) is 12.1 Å². The van der Waals surface area contributed by atoms with E-state index in [1.165, 1.54) is 4.90 Å². The highest BCUT2D eigenvalue weighted by molar-refractivity contribution is 9.09. The summed E-state index contributed by atoms with van der Waals surface area (Å²) in [4.78, 5) is 42.8. The molecule has 3 N–H and O–H groups in total. The number of aliphatic hydroxyl groups excluding tert-OH is 1. The number of hydrogen-bond acceptors (Lipinski definition) is 5. The van der Waals surface area contributed by atoms with Gasteiger partial charge >= 0.3 is 0 Å². The Balaban J connectivity index is 1.50. The van der Waals surface area contributed by atoms with E-state index < -0.39 is 35.6 Å². The van der Waals surface area contributed by atoms with Gasteiger partial charge in [-0.05, 0) is 30.0 Å². The second-order valence-electron chi connectivity index (χ2n) is 10.5. The van der Waals surface area contributed by atoms with Gasteiger partial charge in [-0.3, -0.25) is 14.4 Å². The first-order valence-electron chi connectivity index (χ1n) is 12.7. The van der Waals surface area contributed by atoms with Gasteiger partial charge in [-0.15, -0.1) is 0 Å². The fourth-order valence-electron chi connectivity index (χ4n) is 6.27. The summed E-state index contributed by atoms with van der Waals surface area (Å²) < 4.78 is 6.52. The number of fused-ring (bicyclic) bond motifs is 1. The average molecular weight is 570 g/mol. The van der Waals surface area contributed by atoms with Crippen molar-refractivity contribution in [3.05, 3.63) is 66.2 Å². The first kappa shape index (κ1) is 25.9. The number of para-hydroxylation sites is 1. The third-order valence-corrected chi connectivity index (χ3v) is 8.79. The summed E-state index contributed by atoms with van der Waals surface area (Å²) in [6.07, 6.45) is -0.129. The summed E-state index contributed by atoms with van der Waals surface area (Å²) >= 11 is 3.68. The van der Waals surface area contributed by atoms with Crippen molar-refractivity contribution in [1.29, 1.82) is 0 Å². The number of hydrogen-bond donors (Lipinski definition) is 3. The van der Waals surface area contributed by atoms with Gasteiger partial charge in [-0.25, -0.2) is 0 Å². The number of ether oxygens (including phenoxy) is 1. The molecule has 3 amide bonds. The molecule has 2 aromatic carbocycles. The van der Waals surface area contributed by atoms with Crippen LogP contribution in [0.4, 0.5) is 5.69 Å². The Hall–Kier alpha value is -2.75. The number of halogens is 1. The minimum Gasteiger partial charge on any atom is -0.394 e. The Labute approximate surface area is 224 Å². The number of carbonyl (C=O) groups excluding carboxylic acids is 3. The van der Waals surface area contributed by atoms with Crippen LogP contribution in [0.5, 0.6) is 0 Å². The fourth-order valence-corrected chi connectivity index (χ4v) is 7.22. The molecule has 3 aliphatic heterocycles. The molecule has 3 fully saturated rings. The third-order valence-electron chi connectivity index (χ3n) is 7.94. The number of amides is 3. The fraction of sp³-hybridized carbons (Fsp3) is 0.464. The van der Waals surface area contributed by atoms with Gasteiger partial charge in [-0.2, -0.15) is 0 Å². The molecule has 0 radical (unpaired) electrons. The lowest BCUT2D eigenvalue weighted by Gasteiger charge is -2.38. The molecule has 0 saturated carbocycles. The van der Waals surface area contributed by atoms with Crippen molar-refractivity contribution in [3.8, 4) is 0 Å². The number of benzene rings is 2. The number of aliphatic hydroxyl groups is 1. The van der Waals surface area contributed by atoms with Crippen molar-refractivity contribution < 1.29 is 24.2 Å². The van der Waals surface area contributed by atoms with Crippen molar-refractivity contribution in [2.24, 2.45) is 17.8 Å². The largest absolute Gasteiger partial charge is 0.394 e. The molecular weight excluding hydrogens is 538 g/mol. The van der Waals surface area contributed by atoms with E-state index in [1.807, 2.05) is 62.4 Å². The van der Waals surface area contributed by atoms with Crippen LogP contribution in [-0.2, 0) is 25.7 Å². The summed E-state index contributed by atoms with van der Waals surface area (Å²) in [6, 6.07) is 17.1. The number of alkyl halides is 1. The van der Waals surface area contributed by atoms with Crippen LogP contribution in [0.3, 0.4) is 0 Å². The van der Waals surface area contributed by atoms with E-state index in [-0.39, 0.29) is 35.1 Å². The third kappa shape index (κ3) is 4.36. The summed E-state index contributed by atoms with van der Waals surface area (Å²) in [5.41, 5.74) is 0.390. The first-order chi connectivity index (χ1) is 17.8. The van der Waals surface area contributed by atoms with Crippen LogP contribution in [0, 0.1) is 17.8 Å². The van der Waals surface area contributed by atoms with E-state index in [4.69, 9.17) is 4.74 Å². The number of carbonyl (C=O) groups is 3. The van der Waals surface area contributed by atoms with Crippen LogP contribution in [0.25, 0.3) is 0 Å². The number of likely N-dealkylation sites (tertiary alicyclic amines) is 1. The Kier molecular flexibility index (Phi) is 7.13. The smallest absolute Gasteiger partial charge is 0.246 e. The lowest BCUT2D eigenvalue weighted by atomic mass is 9.70. The van der Waals surface area contributed by atoms with Gasteiger partial charge < -0.3 is 25.4 Å². The summed E-state index contributed by atoms with van der Waals surface area (Å²) in [5.74, 6) is -2.67. The Morgan fingerprint density at radius 3 is 2.38 bits per heavy atom. The minimum absolute atomic E-state index is 0.109. The van der Waals surface area contributed by atoms with Gasteiger partial charge in [-0.1, -0.05) is 78.3 Å². The van der Waals surface area contributed by atoms with Gasteiger partial charge in [0.05, 0.1) is 30.6 Å². The normalized spacial score (nSPS) is 30.9. The summed E-state index contributed by atoms with van der Waals surface area (Å²) in [6.45, 7) is 3.81. The maximum atomic E-state index is 14.1. The van der Waals surface area contributed by atoms with E-state index in [0.29, 0.717) is 18.7 Å². The zero-order valence-electron chi connectivity index (χ0n) is 20.8. The highest BCUT2D eigenvalue weighted by Crippen LogP contribution is 2.60. The molecule has 9 heteroatoms. The van der Waals surface area contributed by atoms with Gasteiger partial charge in [0, 0.05) is 17.1 Å². The highest BCUT2D eigenvalue weighted by Gasteiger charge is 2.77. The molecule has 3 unspecified atom stereocenters. The maximum absolute atomic E-state index is 14.1. The number of nitrogens with zero attached hydrogens (tertiary/aromatic N) is 1. The van der Waals surface area contributed by atoms with E-state index in [2.05, 4.69) is 26.6 Å². The molecule has 2 bridgehead atoms. The lowest BCUT2D eigenvalue weighted by Crippen LogP contribution is -2.59. The topological polar surface area (TPSA) is 108 Å². The molecule has 8 nitrogen and oxygen atoms in total. The van der Waals surface area contributed by atoms with Gasteiger partial charge in [0.2, 0.25) is 17.7 Å². The minimum atomic E-state index is -1.17. The van der Waals surface area contributed by atoms with Crippen LogP contribution >= 0.6 is 15.9 Å². The van der Waals surface area contributed by atoms with Crippen molar-refractivity contribution in [2.45, 2.75) is 55.4 Å². The Morgan fingerprint density at radius 1 is 1.11 bits per heavy atom. The molecule has 0 aromatic heterocycles. The highest BCUT2D eigenvalue weighted by atomic mass is 79.9. The second kappa shape index (κ2) is 10.2. The van der Waals surface area contributed by atoms with Gasteiger partial charge in [0.1, 0.15) is 11.6 Å². The zero-order valence-corrected chi connectivity index (χ0v) is 22.4. The van der Waals surface area contributed by atoms with Crippen molar-refractivity contribution >= 4 is 39.3 Å². The second-order valence-corrected chi connectivity index (χ2v) is 11.6. The predicted octanol–water partition coefficient (Wildman–Crippen LogP) is 2.71. The van der Waals surface area contributed by atoms with E-state index in [9.17, 15) is 19.5 Å². The van der Waals surface area contributed by atoms with Gasteiger partial charge in [0.25, 0.3) is 0 Å². The van der Waals surface area contributed by atoms with Crippen LogP contribution in [0.15, 0.2) is 60.7 Å². The summed E-state index contributed by atoms with van der Waals surface area (Å²) in [5, 5.41) is 16.2. The molecule has 0 aliphatic carbocycles. The number of rotatable bonds is 8. The number of nitrogens with one attached hydrogen (secondary N) is 2. The monoisotopic (exact) mass is 569 g/mol. The molecule has 3 saturated heterocycles. The number of anilines is 1. The zero-order chi connectivity index (χ0) is 26.3. The Morgan fingerprint density at radius 2 is 1.76 bits per heavy atom. The quantitative estimate of drug-likeness (QED) is 0.424. The predicted molar refractivity (Wildman–Crippen MR) is 142 cm³/mol. The molecule has 1 spiro atoms. The molecular formula is C28H32BrN3O5. The molecule has 7 atom stereocenters. The molecule has 37 heavy (non-hydrogen) atoms. The van der Waals surface area contributed by atoms with E-state index >= 15 is 0 Å². The van der Waals surface area contributed by atoms with Crippen LogP contribution in [-0.4, -0.2) is 63.0 Å². The van der Waals surface area contributed by atoms with Crippen LogP contribution < -0.4 is 10.6 Å². The molecule has 2 aromatic rings. The molecule has 5 rings (SSSR count). The first-order valence-corrected chi connectivity index (χ1v) is 13.6. The molecule has 3 aliphatic rings. The van der Waals surface area contributed by atoms with Crippen molar-refractivity contribution in [1.82, 2.24) is 10.2 Å². The van der Waals surface area contributed by atoms with Crippen molar-refractivity contribution in [2.75, 3.05) is 11.9 Å². The maximum Gasteiger partial charge on any atom is 0.246 e. The van der Waals surface area contributed by atoms with Crippen LogP contribution in [0.1, 0.15) is 25.8 Å². The average Bonchev–Trinajstić information content (AvgIpc) is 3.48.